The molecule has 1 aliphatic carbocycles. The first kappa shape index (κ1) is 15.2. The first-order valence-electron chi connectivity index (χ1n) is 7.12. The molecule has 22 heavy (non-hydrogen) atoms. The molecule has 0 saturated heterocycles. The summed E-state index contributed by atoms with van der Waals surface area (Å²) >= 11 is 12.0. The highest BCUT2D eigenvalue weighted by Crippen LogP contribution is 2.34. The van der Waals surface area contributed by atoms with E-state index in [1.165, 1.54) is 5.56 Å². The Kier molecular flexibility index (Phi) is 4.27. The van der Waals surface area contributed by atoms with Crippen LogP contribution in [0.1, 0.15) is 30.0 Å². The van der Waals surface area contributed by atoms with E-state index >= 15 is 0 Å². The van der Waals surface area contributed by atoms with Gasteiger partial charge in [0.05, 0.1) is 16.1 Å². The van der Waals surface area contributed by atoms with E-state index in [2.05, 4.69) is 11.4 Å². The molecule has 3 rings (SSSR count). The Morgan fingerprint density at radius 2 is 1.82 bits per heavy atom. The molecule has 0 aliphatic heterocycles. The second-order valence-corrected chi connectivity index (χ2v) is 6.25. The molecule has 1 aliphatic rings. The summed E-state index contributed by atoms with van der Waals surface area (Å²) < 4.78 is 0. The number of hydrogen-bond acceptors (Lipinski definition) is 1. The van der Waals surface area contributed by atoms with E-state index in [1.54, 1.807) is 6.07 Å². The third-order valence-electron chi connectivity index (χ3n) is 4.01. The maximum Gasteiger partial charge on any atom is 0.405 e. The number of hydrogen-bond donors (Lipinski definition) is 2. The normalized spacial score (nSPS) is 16.9. The lowest BCUT2D eigenvalue weighted by Crippen LogP contribution is -2.29. The Morgan fingerprint density at radius 3 is 2.55 bits per heavy atom. The maximum absolute atomic E-state index is 10.9. The van der Waals surface area contributed by atoms with Gasteiger partial charge in [0.15, 0.2) is 0 Å². The van der Waals surface area contributed by atoms with Gasteiger partial charge in [-0.1, -0.05) is 47.5 Å². The Morgan fingerprint density at radius 1 is 1.09 bits per heavy atom. The minimum atomic E-state index is -0.980. The van der Waals surface area contributed by atoms with Crippen molar-refractivity contribution in [3.63, 3.8) is 0 Å². The third kappa shape index (κ3) is 3.06. The molecule has 0 saturated carbocycles. The fourth-order valence-electron chi connectivity index (χ4n) is 2.97. The average molecular weight is 336 g/mol. The van der Waals surface area contributed by atoms with Gasteiger partial charge in [-0.05, 0) is 53.6 Å². The largest absolute Gasteiger partial charge is 0.465 e. The molecule has 2 aromatic carbocycles. The maximum atomic E-state index is 10.9. The smallest absolute Gasteiger partial charge is 0.405 e. The van der Waals surface area contributed by atoms with Crippen molar-refractivity contribution in [2.45, 2.75) is 25.3 Å². The van der Waals surface area contributed by atoms with Crippen LogP contribution in [0.25, 0.3) is 11.1 Å². The quantitative estimate of drug-likeness (QED) is 0.781. The summed E-state index contributed by atoms with van der Waals surface area (Å²) in [7, 11) is 0. The summed E-state index contributed by atoms with van der Waals surface area (Å²) in [5, 5.41) is 12.6. The Balaban J connectivity index is 1.96. The van der Waals surface area contributed by atoms with E-state index in [0.717, 1.165) is 36.0 Å². The fraction of sp³-hybridized carbons (Fsp3) is 0.235. The van der Waals surface area contributed by atoms with Gasteiger partial charge >= 0.3 is 6.09 Å². The predicted octanol–water partition coefficient (Wildman–Crippen LogP) is 5.31. The van der Waals surface area contributed by atoms with Crippen molar-refractivity contribution < 1.29 is 9.90 Å². The van der Waals surface area contributed by atoms with Crippen molar-refractivity contribution in [3.05, 3.63) is 57.6 Å². The molecule has 0 aromatic heterocycles. The second-order valence-electron chi connectivity index (χ2n) is 5.44. The zero-order valence-corrected chi connectivity index (χ0v) is 13.3. The molecule has 114 valence electrons. The summed E-state index contributed by atoms with van der Waals surface area (Å²) in [6.45, 7) is 0. The number of carboxylic acid groups (broad SMARTS) is 1. The minimum absolute atomic E-state index is 0.121. The van der Waals surface area contributed by atoms with Gasteiger partial charge in [0.25, 0.3) is 0 Å². The van der Waals surface area contributed by atoms with Gasteiger partial charge in [0, 0.05) is 0 Å². The van der Waals surface area contributed by atoms with Crippen LogP contribution in [-0.2, 0) is 6.42 Å². The van der Waals surface area contributed by atoms with Crippen molar-refractivity contribution in [3.8, 4) is 11.1 Å². The minimum Gasteiger partial charge on any atom is -0.465 e. The number of amides is 1. The van der Waals surface area contributed by atoms with Crippen molar-refractivity contribution >= 4 is 29.3 Å². The van der Waals surface area contributed by atoms with E-state index in [4.69, 9.17) is 28.3 Å². The fourth-order valence-corrected chi connectivity index (χ4v) is 3.27. The average Bonchev–Trinajstić information content (AvgIpc) is 2.49. The monoisotopic (exact) mass is 335 g/mol. The molecule has 3 nitrogen and oxygen atoms in total. The van der Waals surface area contributed by atoms with Gasteiger partial charge in [0.1, 0.15) is 0 Å². The molecule has 0 heterocycles. The Hall–Kier alpha value is -1.71. The number of rotatable bonds is 2. The van der Waals surface area contributed by atoms with Crippen molar-refractivity contribution in [2.24, 2.45) is 0 Å². The first-order valence-corrected chi connectivity index (χ1v) is 7.88. The second kappa shape index (κ2) is 6.19. The Labute approximate surface area is 138 Å². The van der Waals surface area contributed by atoms with Crippen LogP contribution in [0.5, 0.6) is 0 Å². The molecule has 5 heteroatoms. The zero-order valence-electron chi connectivity index (χ0n) is 11.8. The molecule has 0 spiro atoms. The number of carbonyl (C=O) groups is 1. The number of halogens is 2. The summed E-state index contributed by atoms with van der Waals surface area (Å²) in [6, 6.07) is 11.6. The van der Waals surface area contributed by atoms with Crippen molar-refractivity contribution in [1.82, 2.24) is 5.32 Å². The highest BCUT2D eigenvalue weighted by atomic mass is 35.5. The molecule has 0 bridgehead atoms. The standard InChI is InChI=1S/C17H15Cl2NO2/c18-14-7-5-11(9-15(14)19)10-4-6-13-12(8-10)2-1-3-16(13)20-17(21)22/h4-9,16,20H,1-3H2,(H,21,22). The Bertz CT molecular complexity index is 731. The van der Waals surface area contributed by atoms with Crippen LogP contribution in [0, 0.1) is 0 Å². The lowest BCUT2D eigenvalue weighted by molar-refractivity contribution is 0.188. The van der Waals surface area contributed by atoms with Crippen molar-refractivity contribution in [1.29, 1.82) is 0 Å². The highest BCUT2D eigenvalue weighted by Gasteiger charge is 2.22. The van der Waals surface area contributed by atoms with Gasteiger partial charge in [-0.3, -0.25) is 0 Å². The number of benzene rings is 2. The molecule has 1 unspecified atom stereocenters. The molecular formula is C17H15Cl2NO2. The number of nitrogens with one attached hydrogen (secondary N) is 1. The van der Waals surface area contributed by atoms with Crippen LogP contribution in [0.2, 0.25) is 10.0 Å². The molecular weight excluding hydrogens is 321 g/mol. The lowest BCUT2D eigenvalue weighted by Gasteiger charge is -2.26. The summed E-state index contributed by atoms with van der Waals surface area (Å²) in [4.78, 5) is 10.9. The van der Waals surface area contributed by atoms with Crippen LogP contribution >= 0.6 is 23.2 Å². The summed E-state index contributed by atoms with van der Waals surface area (Å²) in [5.41, 5.74) is 4.32. The molecule has 1 atom stereocenters. The van der Waals surface area contributed by atoms with Crippen LogP contribution < -0.4 is 5.32 Å². The van der Waals surface area contributed by atoms with E-state index in [-0.39, 0.29) is 6.04 Å². The highest BCUT2D eigenvalue weighted by molar-refractivity contribution is 6.42. The molecule has 1 amide bonds. The molecule has 2 N–H and O–H groups in total. The van der Waals surface area contributed by atoms with Crippen LogP contribution in [0.4, 0.5) is 4.79 Å². The third-order valence-corrected chi connectivity index (χ3v) is 4.75. The van der Waals surface area contributed by atoms with E-state index in [9.17, 15) is 4.79 Å². The van der Waals surface area contributed by atoms with E-state index < -0.39 is 6.09 Å². The van der Waals surface area contributed by atoms with Gasteiger partial charge in [0.2, 0.25) is 0 Å². The first-order chi connectivity index (χ1) is 10.5. The predicted molar refractivity (Wildman–Crippen MR) is 88.7 cm³/mol. The van der Waals surface area contributed by atoms with Crippen LogP contribution in [-0.4, -0.2) is 11.2 Å². The summed E-state index contributed by atoms with van der Waals surface area (Å²) in [6.07, 6.45) is 1.79. The van der Waals surface area contributed by atoms with Gasteiger partial charge in [-0.2, -0.15) is 0 Å². The lowest BCUT2D eigenvalue weighted by atomic mass is 9.86. The summed E-state index contributed by atoms with van der Waals surface area (Å²) in [5.74, 6) is 0. The van der Waals surface area contributed by atoms with Gasteiger partial charge in [-0.15, -0.1) is 0 Å². The van der Waals surface area contributed by atoms with Crippen LogP contribution in [0.15, 0.2) is 36.4 Å². The SMILES string of the molecule is O=C(O)NC1CCCc2cc(-c3ccc(Cl)c(Cl)c3)ccc21. The zero-order chi connectivity index (χ0) is 15.7. The van der Waals surface area contributed by atoms with E-state index in [0.29, 0.717) is 10.0 Å². The van der Waals surface area contributed by atoms with Crippen LogP contribution in [0.3, 0.4) is 0 Å². The van der Waals surface area contributed by atoms with E-state index in [1.807, 2.05) is 24.3 Å². The van der Waals surface area contributed by atoms with Gasteiger partial charge in [-0.25, -0.2) is 4.79 Å². The molecule has 0 fully saturated rings. The topological polar surface area (TPSA) is 49.3 Å². The molecule has 2 aromatic rings. The van der Waals surface area contributed by atoms with Gasteiger partial charge < -0.3 is 10.4 Å². The number of fused-ring (bicyclic) bond motifs is 1. The number of aryl methyl sites for hydroxylation is 1. The molecule has 0 radical (unpaired) electrons. The van der Waals surface area contributed by atoms with Crippen molar-refractivity contribution in [2.75, 3.05) is 0 Å².